The van der Waals surface area contributed by atoms with Gasteiger partial charge in [-0.3, -0.25) is 0 Å². The number of nitrogens with one attached hydrogen (secondary N) is 1. The summed E-state index contributed by atoms with van der Waals surface area (Å²) in [6, 6.07) is 1.74. The van der Waals surface area contributed by atoms with Crippen LogP contribution in [-0.4, -0.2) is 12.1 Å². The summed E-state index contributed by atoms with van der Waals surface area (Å²) >= 11 is 0. The maximum atomic E-state index is 4.15. The second kappa shape index (κ2) is 5.06. The molecule has 0 aromatic heterocycles. The molecule has 7 unspecified atom stereocenters. The third kappa shape index (κ3) is 2.17. The van der Waals surface area contributed by atoms with Gasteiger partial charge in [-0.2, -0.15) is 0 Å². The van der Waals surface area contributed by atoms with Gasteiger partial charge in [0.05, 0.1) is 0 Å². The van der Waals surface area contributed by atoms with Gasteiger partial charge in [-0.25, -0.2) is 0 Å². The first-order chi connectivity index (χ1) is 9.33. The van der Waals surface area contributed by atoms with Gasteiger partial charge in [0.25, 0.3) is 0 Å². The molecule has 1 N–H and O–H groups in total. The van der Waals surface area contributed by atoms with Crippen molar-refractivity contribution in [3.63, 3.8) is 0 Å². The number of hydrogen-bond acceptors (Lipinski definition) is 1. The van der Waals surface area contributed by atoms with Crippen molar-refractivity contribution in [1.29, 1.82) is 0 Å². The lowest BCUT2D eigenvalue weighted by molar-refractivity contribution is 0.183. The van der Waals surface area contributed by atoms with E-state index in [0.29, 0.717) is 0 Å². The highest BCUT2D eigenvalue weighted by molar-refractivity contribution is 5.06. The molecule has 4 aliphatic rings. The van der Waals surface area contributed by atoms with E-state index in [1.807, 2.05) is 0 Å². The van der Waals surface area contributed by atoms with Gasteiger partial charge in [-0.1, -0.05) is 32.6 Å². The summed E-state index contributed by atoms with van der Waals surface area (Å²) in [5.74, 6) is 5.36. The van der Waals surface area contributed by atoms with Gasteiger partial charge in [0, 0.05) is 12.1 Å². The van der Waals surface area contributed by atoms with Crippen molar-refractivity contribution in [2.75, 3.05) is 0 Å². The van der Waals surface area contributed by atoms with E-state index in [-0.39, 0.29) is 0 Å². The monoisotopic (exact) mass is 261 g/mol. The predicted octanol–water partition coefficient (Wildman–Crippen LogP) is 4.37. The standard InChI is InChI=1S/C18H31N/c1-12-6-3-2-4-9-17(12)19-18-11-13-10-16(18)15-8-5-7-14(13)15/h12-19H,2-11H2,1H3. The molecule has 0 aromatic rings. The van der Waals surface area contributed by atoms with Crippen LogP contribution in [0.25, 0.3) is 0 Å². The van der Waals surface area contributed by atoms with Crippen LogP contribution >= 0.6 is 0 Å². The maximum absolute atomic E-state index is 4.15. The molecule has 108 valence electrons. The van der Waals surface area contributed by atoms with Crippen LogP contribution in [0, 0.1) is 29.6 Å². The zero-order valence-corrected chi connectivity index (χ0v) is 12.6. The fraction of sp³-hybridized carbons (Fsp3) is 1.00. The zero-order chi connectivity index (χ0) is 12.8. The molecule has 2 bridgehead atoms. The van der Waals surface area contributed by atoms with Crippen LogP contribution in [0.1, 0.15) is 71.1 Å². The van der Waals surface area contributed by atoms with Crippen LogP contribution in [0.2, 0.25) is 0 Å². The summed E-state index contributed by atoms with van der Waals surface area (Å²) in [4.78, 5) is 0. The van der Waals surface area contributed by atoms with Crippen molar-refractivity contribution in [2.45, 2.75) is 83.2 Å². The highest BCUT2D eigenvalue weighted by Gasteiger charge is 2.53. The van der Waals surface area contributed by atoms with Crippen LogP contribution in [0.3, 0.4) is 0 Å². The molecular formula is C18H31N. The molecule has 0 spiro atoms. The summed E-state index contributed by atoms with van der Waals surface area (Å²) in [6.07, 6.45) is 15.1. The van der Waals surface area contributed by atoms with Gasteiger partial charge in [-0.05, 0) is 68.1 Å². The first kappa shape index (κ1) is 12.7. The van der Waals surface area contributed by atoms with Gasteiger partial charge in [0.2, 0.25) is 0 Å². The molecule has 19 heavy (non-hydrogen) atoms. The summed E-state index contributed by atoms with van der Waals surface area (Å²) in [7, 11) is 0. The molecule has 1 heteroatoms. The van der Waals surface area contributed by atoms with E-state index in [9.17, 15) is 0 Å². The molecule has 0 amide bonds. The van der Waals surface area contributed by atoms with Crippen LogP contribution in [0.4, 0.5) is 0 Å². The van der Waals surface area contributed by atoms with E-state index >= 15 is 0 Å². The molecule has 1 nitrogen and oxygen atoms in total. The minimum absolute atomic E-state index is 0.840. The third-order valence-corrected chi connectivity index (χ3v) is 7.22. The van der Waals surface area contributed by atoms with Crippen LogP contribution < -0.4 is 5.32 Å². The van der Waals surface area contributed by atoms with Crippen molar-refractivity contribution in [2.24, 2.45) is 29.6 Å². The van der Waals surface area contributed by atoms with Crippen LogP contribution in [0.5, 0.6) is 0 Å². The first-order valence-corrected chi connectivity index (χ1v) is 9.09. The smallest absolute Gasteiger partial charge is 0.0104 e. The number of rotatable bonds is 2. The lowest BCUT2D eigenvalue weighted by atomic mass is 9.78. The van der Waals surface area contributed by atoms with Gasteiger partial charge in [-0.15, -0.1) is 0 Å². The quantitative estimate of drug-likeness (QED) is 0.728. The zero-order valence-electron chi connectivity index (χ0n) is 12.6. The Morgan fingerprint density at radius 1 is 0.684 bits per heavy atom. The highest BCUT2D eigenvalue weighted by atomic mass is 15.0. The van der Waals surface area contributed by atoms with Gasteiger partial charge >= 0.3 is 0 Å². The highest BCUT2D eigenvalue weighted by Crippen LogP contribution is 2.58. The molecule has 0 radical (unpaired) electrons. The fourth-order valence-electron chi connectivity index (χ4n) is 6.28. The van der Waals surface area contributed by atoms with Gasteiger partial charge in [0.1, 0.15) is 0 Å². The Morgan fingerprint density at radius 3 is 2.47 bits per heavy atom. The van der Waals surface area contributed by atoms with E-state index in [0.717, 1.165) is 41.7 Å². The molecule has 0 aliphatic heterocycles. The van der Waals surface area contributed by atoms with E-state index in [4.69, 9.17) is 0 Å². The molecule has 0 heterocycles. The number of hydrogen-bond donors (Lipinski definition) is 1. The van der Waals surface area contributed by atoms with E-state index in [2.05, 4.69) is 12.2 Å². The minimum atomic E-state index is 0.840. The van der Waals surface area contributed by atoms with Crippen molar-refractivity contribution >= 4 is 0 Å². The van der Waals surface area contributed by atoms with Crippen LogP contribution in [-0.2, 0) is 0 Å². The second-order valence-electron chi connectivity index (χ2n) is 8.15. The predicted molar refractivity (Wildman–Crippen MR) is 80.0 cm³/mol. The number of fused-ring (bicyclic) bond motifs is 5. The van der Waals surface area contributed by atoms with Gasteiger partial charge < -0.3 is 5.32 Å². The third-order valence-electron chi connectivity index (χ3n) is 7.22. The van der Waals surface area contributed by atoms with Crippen molar-refractivity contribution in [3.05, 3.63) is 0 Å². The van der Waals surface area contributed by atoms with E-state index < -0.39 is 0 Å². The lowest BCUT2D eigenvalue weighted by Gasteiger charge is -2.36. The Bertz CT molecular complexity index is 326. The summed E-state index contributed by atoms with van der Waals surface area (Å²) in [5.41, 5.74) is 0. The SMILES string of the molecule is CC1CCCCCC1NC1CC2CC1C1CCCC21. The van der Waals surface area contributed by atoms with E-state index in [1.165, 1.54) is 44.9 Å². The average molecular weight is 261 g/mol. The van der Waals surface area contributed by atoms with Gasteiger partial charge in [0.15, 0.2) is 0 Å². The van der Waals surface area contributed by atoms with Crippen molar-refractivity contribution in [3.8, 4) is 0 Å². The molecule has 4 saturated carbocycles. The van der Waals surface area contributed by atoms with E-state index in [1.54, 1.807) is 19.3 Å². The Labute approximate surface area is 118 Å². The Morgan fingerprint density at radius 2 is 1.53 bits per heavy atom. The second-order valence-corrected chi connectivity index (χ2v) is 8.15. The molecule has 0 saturated heterocycles. The molecule has 4 rings (SSSR count). The Balaban J connectivity index is 1.41. The maximum Gasteiger partial charge on any atom is 0.0104 e. The molecule has 0 aromatic carbocycles. The van der Waals surface area contributed by atoms with Crippen molar-refractivity contribution < 1.29 is 0 Å². The Hall–Kier alpha value is -0.0400. The Kier molecular flexibility index (Phi) is 3.38. The summed E-state index contributed by atoms with van der Waals surface area (Å²) in [5, 5.41) is 4.15. The van der Waals surface area contributed by atoms with Crippen molar-refractivity contribution in [1.82, 2.24) is 5.32 Å². The summed E-state index contributed by atoms with van der Waals surface area (Å²) < 4.78 is 0. The molecule has 7 atom stereocenters. The minimum Gasteiger partial charge on any atom is -0.311 e. The fourth-order valence-corrected chi connectivity index (χ4v) is 6.28. The molecular weight excluding hydrogens is 230 g/mol. The summed E-state index contributed by atoms with van der Waals surface area (Å²) in [6.45, 7) is 2.49. The molecule has 4 fully saturated rings. The lowest BCUT2D eigenvalue weighted by Crippen LogP contribution is -2.46. The average Bonchev–Trinajstić information content (AvgIpc) is 3.05. The topological polar surface area (TPSA) is 12.0 Å². The first-order valence-electron chi connectivity index (χ1n) is 9.09. The largest absolute Gasteiger partial charge is 0.311 e. The normalized spacial score (nSPS) is 53.2. The molecule has 4 aliphatic carbocycles. The van der Waals surface area contributed by atoms with Crippen LogP contribution in [0.15, 0.2) is 0 Å².